The van der Waals surface area contributed by atoms with Gasteiger partial charge in [0.05, 0.1) is 0 Å². The molecule has 0 bridgehead atoms. The van der Waals surface area contributed by atoms with Crippen LogP contribution in [0.25, 0.3) is 0 Å². The first-order valence-electron chi connectivity index (χ1n) is 19.5. The van der Waals surface area contributed by atoms with E-state index >= 15 is 0 Å². The lowest BCUT2D eigenvalue weighted by molar-refractivity contribution is -0.00497. The van der Waals surface area contributed by atoms with Crippen LogP contribution in [0, 0.1) is 0 Å². The molecule has 0 saturated carbocycles. The van der Waals surface area contributed by atoms with Crippen LogP contribution < -0.4 is 0 Å². The number of allylic oxidation sites excluding steroid dienone is 4. The zero-order valence-corrected chi connectivity index (χ0v) is 29.4. The van der Waals surface area contributed by atoms with Crippen molar-refractivity contribution in [2.24, 2.45) is 0 Å². The third-order valence-electron chi connectivity index (χ3n) is 8.88. The number of aliphatic hydroxyl groups is 1. The van der Waals surface area contributed by atoms with Crippen molar-refractivity contribution in [2.75, 3.05) is 13.1 Å². The van der Waals surface area contributed by atoms with Crippen molar-refractivity contribution in [3.63, 3.8) is 0 Å². The van der Waals surface area contributed by atoms with Crippen molar-refractivity contribution in [3.8, 4) is 0 Å². The lowest BCUT2D eigenvalue weighted by atomic mass is 10.1. The maximum atomic E-state index is 10.7. The van der Waals surface area contributed by atoms with Gasteiger partial charge < -0.3 is 5.11 Å². The van der Waals surface area contributed by atoms with Crippen molar-refractivity contribution in [1.29, 1.82) is 0 Å². The smallest absolute Gasteiger partial charge is 0.107 e. The highest BCUT2D eigenvalue weighted by atomic mass is 16.3. The van der Waals surface area contributed by atoms with Gasteiger partial charge in [0.15, 0.2) is 0 Å². The van der Waals surface area contributed by atoms with Gasteiger partial charge in [-0.25, -0.2) is 0 Å². The van der Waals surface area contributed by atoms with E-state index in [0.29, 0.717) is 0 Å². The molecule has 0 rings (SSSR count). The average Bonchev–Trinajstić information content (AvgIpc) is 2.99. The minimum Gasteiger partial charge on any atom is -0.378 e. The highest BCUT2D eigenvalue weighted by molar-refractivity contribution is 4.82. The number of hydrogen-bond donors (Lipinski definition) is 1. The van der Waals surface area contributed by atoms with Gasteiger partial charge in [-0.05, 0) is 70.6 Å². The molecule has 0 saturated heterocycles. The summed E-state index contributed by atoms with van der Waals surface area (Å²) in [6.45, 7) is 8.92. The molecule has 2 nitrogen and oxygen atoms in total. The zero-order chi connectivity index (χ0) is 30.6. The van der Waals surface area contributed by atoms with E-state index in [1.165, 1.54) is 180 Å². The highest BCUT2D eigenvalue weighted by Crippen LogP contribution is 2.14. The van der Waals surface area contributed by atoms with E-state index in [9.17, 15) is 5.11 Å². The predicted molar refractivity (Wildman–Crippen MR) is 191 cm³/mol. The summed E-state index contributed by atoms with van der Waals surface area (Å²) >= 11 is 0. The molecule has 1 atom stereocenters. The molecule has 0 amide bonds. The van der Waals surface area contributed by atoms with Gasteiger partial charge in [-0.15, -0.1) is 0 Å². The molecule has 0 fully saturated rings. The van der Waals surface area contributed by atoms with Gasteiger partial charge >= 0.3 is 0 Å². The molecule has 1 unspecified atom stereocenters. The second-order valence-electron chi connectivity index (χ2n) is 13.2. The topological polar surface area (TPSA) is 23.5 Å². The van der Waals surface area contributed by atoms with Gasteiger partial charge in [-0.2, -0.15) is 0 Å². The van der Waals surface area contributed by atoms with Crippen LogP contribution >= 0.6 is 0 Å². The lowest BCUT2D eigenvalue weighted by Gasteiger charge is -2.27. The van der Waals surface area contributed by atoms with Crippen molar-refractivity contribution in [3.05, 3.63) is 24.3 Å². The summed E-state index contributed by atoms with van der Waals surface area (Å²) < 4.78 is 0. The van der Waals surface area contributed by atoms with E-state index in [1.807, 2.05) is 0 Å². The van der Waals surface area contributed by atoms with Crippen molar-refractivity contribution in [1.82, 2.24) is 4.90 Å². The van der Waals surface area contributed by atoms with Crippen molar-refractivity contribution >= 4 is 0 Å². The Hall–Kier alpha value is -0.600. The van der Waals surface area contributed by atoms with Gasteiger partial charge in [-0.1, -0.05) is 167 Å². The van der Waals surface area contributed by atoms with Crippen LogP contribution in [0.15, 0.2) is 24.3 Å². The highest BCUT2D eigenvalue weighted by Gasteiger charge is 2.13. The summed E-state index contributed by atoms with van der Waals surface area (Å²) in [5, 5.41) is 10.7. The molecular formula is C40H79NO. The molecule has 1 N–H and O–H groups in total. The Kier molecular flexibility index (Phi) is 36.1. The number of aliphatic hydroxyl groups excluding tert-OH is 1. The molecule has 42 heavy (non-hydrogen) atoms. The summed E-state index contributed by atoms with van der Waals surface area (Å²) in [4.78, 5) is 2.38. The summed E-state index contributed by atoms with van der Waals surface area (Å²) in [6, 6.07) is 0. The van der Waals surface area contributed by atoms with Crippen LogP contribution in [0.1, 0.15) is 213 Å². The maximum absolute atomic E-state index is 10.7. The van der Waals surface area contributed by atoms with E-state index in [2.05, 4.69) is 50.0 Å². The predicted octanol–water partition coefficient (Wildman–Crippen LogP) is 13.5. The Labute approximate surface area is 266 Å². The van der Waals surface area contributed by atoms with E-state index in [4.69, 9.17) is 0 Å². The van der Waals surface area contributed by atoms with Gasteiger partial charge in [0.25, 0.3) is 0 Å². The summed E-state index contributed by atoms with van der Waals surface area (Å²) in [7, 11) is 0. The number of rotatable bonds is 35. The van der Waals surface area contributed by atoms with E-state index in [-0.39, 0.29) is 6.23 Å². The van der Waals surface area contributed by atoms with Crippen LogP contribution in [0.4, 0.5) is 0 Å². The van der Waals surface area contributed by atoms with Crippen LogP contribution in [0.3, 0.4) is 0 Å². The normalized spacial score (nSPS) is 12.9. The van der Waals surface area contributed by atoms with Crippen molar-refractivity contribution in [2.45, 2.75) is 220 Å². The van der Waals surface area contributed by atoms with Crippen LogP contribution in [-0.4, -0.2) is 29.3 Å². The first kappa shape index (κ1) is 41.4. The Morgan fingerprint density at radius 2 is 0.667 bits per heavy atom. The second kappa shape index (κ2) is 36.6. The minimum absolute atomic E-state index is 0.235. The van der Waals surface area contributed by atoms with Gasteiger partial charge in [-0.3, -0.25) is 4.90 Å². The standard InChI is InChI=1S/C40H79NO/c1-4-7-9-11-13-15-17-19-21-23-25-27-29-31-33-35-38-41(40(42)37-6-3)39-36-34-32-30-28-26-24-22-20-18-16-14-12-10-8-5-2/h19-22,40,42H,4-18,23-39H2,1-3H3/b21-19-,22-20-. The lowest BCUT2D eigenvalue weighted by Crippen LogP contribution is -2.36. The Morgan fingerprint density at radius 3 is 0.976 bits per heavy atom. The Balaban J connectivity index is 3.66. The summed E-state index contributed by atoms with van der Waals surface area (Å²) in [6.07, 6.45) is 49.4. The van der Waals surface area contributed by atoms with E-state index in [0.717, 1.165) is 25.9 Å². The number of unbranched alkanes of at least 4 members (excludes halogenated alkanes) is 24. The molecule has 0 aliphatic heterocycles. The fourth-order valence-electron chi connectivity index (χ4n) is 5.98. The van der Waals surface area contributed by atoms with E-state index < -0.39 is 0 Å². The quantitative estimate of drug-likeness (QED) is 0.0451. The maximum Gasteiger partial charge on any atom is 0.107 e. The van der Waals surface area contributed by atoms with E-state index in [1.54, 1.807) is 0 Å². The number of nitrogens with zero attached hydrogens (tertiary/aromatic N) is 1. The molecule has 2 heteroatoms. The summed E-state index contributed by atoms with van der Waals surface area (Å²) in [5.41, 5.74) is 0. The molecule has 0 heterocycles. The third kappa shape index (κ3) is 32.3. The molecule has 0 aliphatic carbocycles. The largest absolute Gasteiger partial charge is 0.378 e. The first-order chi connectivity index (χ1) is 20.8. The Morgan fingerprint density at radius 1 is 0.381 bits per heavy atom. The average molecular weight is 590 g/mol. The molecule has 0 aromatic heterocycles. The molecule has 0 aliphatic rings. The molecule has 0 spiro atoms. The molecular weight excluding hydrogens is 510 g/mol. The van der Waals surface area contributed by atoms with Gasteiger partial charge in [0.2, 0.25) is 0 Å². The molecule has 0 aromatic rings. The molecule has 250 valence electrons. The van der Waals surface area contributed by atoms with Crippen LogP contribution in [0.5, 0.6) is 0 Å². The summed E-state index contributed by atoms with van der Waals surface area (Å²) in [5.74, 6) is 0. The van der Waals surface area contributed by atoms with Crippen LogP contribution in [0.2, 0.25) is 0 Å². The van der Waals surface area contributed by atoms with Gasteiger partial charge in [0, 0.05) is 13.1 Å². The fourth-order valence-corrected chi connectivity index (χ4v) is 5.98. The van der Waals surface area contributed by atoms with Crippen LogP contribution in [-0.2, 0) is 0 Å². The zero-order valence-electron chi connectivity index (χ0n) is 29.4. The number of hydrogen-bond acceptors (Lipinski definition) is 2. The molecule has 0 radical (unpaired) electrons. The second-order valence-corrected chi connectivity index (χ2v) is 13.2. The van der Waals surface area contributed by atoms with Crippen molar-refractivity contribution < 1.29 is 5.11 Å². The Bertz CT molecular complexity index is 500. The fraction of sp³-hybridized carbons (Fsp3) is 0.900. The van der Waals surface area contributed by atoms with Gasteiger partial charge in [0.1, 0.15) is 6.23 Å². The minimum atomic E-state index is -0.235. The monoisotopic (exact) mass is 590 g/mol. The molecule has 0 aromatic carbocycles. The SMILES string of the molecule is CCCCCCCC/C=C\CCCCCCCCN(CCCCCCCC/C=C\CCCCCCCC)C(O)CCC. The first-order valence-corrected chi connectivity index (χ1v) is 19.5. The third-order valence-corrected chi connectivity index (χ3v) is 8.88.